The van der Waals surface area contributed by atoms with Crippen LogP contribution in [0.4, 0.5) is 0 Å². The monoisotopic (exact) mass is 330 g/mol. The molecule has 120 valence electrons. The summed E-state index contributed by atoms with van der Waals surface area (Å²) < 4.78 is 27.4. The lowest BCUT2D eigenvalue weighted by atomic mass is 9.85. The highest BCUT2D eigenvalue weighted by atomic mass is 32.2. The minimum absolute atomic E-state index is 0.501. The number of rotatable bonds is 8. The highest BCUT2D eigenvalue weighted by Crippen LogP contribution is 2.32. The predicted octanol–water partition coefficient (Wildman–Crippen LogP) is 2.98. The molecule has 1 aromatic rings. The largest absolute Gasteiger partial charge is 0.312 e. The van der Waals surface area contributed by atoms with E-state index in [0.29, 0.717) is 23.9 Å². The van der Waals surface area contributed by atoms with E-state index in [4.69, 9.17) is 0 Å². The van der Waals surface area contributed by atoms with Gasteiger partial charge in [0, 0.05) is 29.4 Å². The van der Waals surface area contributed by atoms with Crippen molar-refractivity contribution in [3.05, 3.63) is 15.8 Å². The zero-order valence-corrected chi connectivity index (χ0v) is 14.8. The van der Waals surface area contributed by atoms with Crippen LogP contribution in [0.5, 0.6) is 0 Å². The molecule has 6 heteroatoms. The van der Waals surface area contributed by atoms with Crippen molar-refractivity contribution in [2.24, 2.45) is 5.92 Å². The summed E-state index contributed by atoms with van der Waals surface area (Å²) in [6.45, 7) is 8.75. The van der Waals surface area contributed by atoms with Crippen LogP contribution in [0.2, 0.25) is 0 Å². The summed E-state index contributed by atoms with van der Waals surface area (Å²) in [6.07, 6.45) is 3.58. The van der Waals surface area contributed by atoms with Crippen LogP contribution < -0.4 is 5.32 Å². The Kier molecular flexibility index (Phi) is 5.82. The van der Waals surface area contributed by atoms with Crippen molar-refractivity contribution in [2.75, 3.05) is 19.6 Å². The third-order valence-electron chi connectivity index (χ3n) is 4.13. The van der Waals surface area contributed by atoms with Crippen molar-refractivity contribution in [2.45, 2.75) is 51.5 Å². The third-order valence-corrected chi connectivity index (χ3v) is 7.38. The number of hydrogen-bond donors (Lipinski definition) is 1. The number of nitrogens with zero attached hydrogens (tertiary/aromatic N) is 1. The van der Waals surface area contributed by atoms with Gasteiger partial charge in [0.05, 0.1) is 4.90 Å². The van der Waals surface area contributed by atoms with Crippen LogP contribution in [0.3, 0.4) is 0 Å². The van der Waals surface area contributed by atoms with E-state index in [0.717, 1.165) is 22.8 Å². The van der Waals surface area contributed by atoms with Gasteiger partial charge in [0.1, 0.15) is 0 Å². The van der Waals surface area contributed by atoms with Gasteiger partial charge in [-0.3, -0.25) is 0 Å². The van der Waals surface area contributed by atoms with Gasteiger partial charge in [0.2, 0.25) is 10.0 Å². The van der Waals surface area contributed by atoms with Gasteiger partial charge < -0.3 is 5.32 Å². The second-order valence-corrected chi connectivity index (χ2v) is 8.91. The fourth-order valence-electron chi connectivity index (χ4n) is 2.62. The molecule has 1 heterocycles. The van der Waals surface area contributed by atoms with Crippen LogP contribution in [0.25, 0.3) is 0 Å². The van der Waals surface area contributed by atoms with Crippen LogP contribution in [0.1, 0.15) is 42.9 Å². The van der Waals surface area contributed by atoms with Gasteiger partial charge in [-0.2, -0.15) is 4.31 Å². The van der Waals surface area contributed by atoms with Gasteiger partial charge in [0.15, 0.2) is 0 Å². The summed E-state index contributed by atoms with van der Waals surface area (Å²) in [5.41, 5.74) is 0. The van der Waals surface area contributed by atoms with Crippen molar-refractivity contribution in [1.29, 1.82) is 0 Å². The van der Waals surface area contributed by atoms with Crippen molar-refractivity contribution < 1.29 is 8.42 Å². The molecule has 1 aliphatic rings. The molecular weight excluding hydrogens is 304 g/mol. The Balaban J connectivity index is 2.18. The van der Waals surface area contributed by atoms with E-state index in [1.165, 1.54) is 19.3 Å². The zero-order chi connectivity index (χ0) is 15.5. The molecule has 0 unspecified atom stereocenters. The standard InChI is InChI=1S/C15H26N2O2S2/c1-4-16-10-14-9-15(12(3)20-14)21(18,19)17(5-2)11-13-7-6-8-13/h9,13,16H,4-8,10-11H2,1-3H3. The molecule has 0 saturated heterocycles. The fraction of sp³-hybridized carbons (Fsp3) is 0.733. The van der Waals surface area contributed by atoms with Crippen molar-refractivity contribution in [3.63, 3.8) is 0 Å². The van der Waals surface area contributed by atoms with Crippen LogP contribution in [-0.2, 0) is 16.6 Å². The van der Waals surface area contributed by atoms with Gasteiger partial charge in [0.25, 0.3) is 0 Å². The van der Waals surface area contributed by atoms with E-state index < -0.39 is 10.0 Å². The first-order valence-corrected chi connectivity index (χ1v) is 10.0. The Morgan fingerprint density at radius 1 is 1.38 bits per heavy atom. The summed E-state index contributed by atoms with van der Waals surface area (Å²) in [5.74, 6) is 0.555. The SMILES string of the molecule is CCNCc1cc(S(=O)(=O)N(CC)CC2CCC2)c(C)s1. The molecule has 0 spiro atoms. The summed E-state index contributed by atoms with van der Waals surface area (Å²) in [7, 11) is -3.34. The normalized spacial score (nSPS) is 16.4. The maximum absolute atomic E-state index is 12.9. The Hall–Kier alpha value is -0.430. The van der Waals surface area contributed by atoms with Gasteiger partial charge in [-0.05, 0) is 38.3 Å². The minimum Gasteiger partial charge on any atom is -0.312 e. The van der Waals surface area contributed by atoms with Crippen molar-refractivity contribution >= 4 is 21.4 Å². The highest BCUT2D eigenvalue weighted by molar-refractivity contribution is 7.89. The maximum Gasteiger partial charge on any atom is 0.244 e. The van der Waals surface area contributed by atoms with E-state index in [1.807, 2.05) is 19.9 Å². The summed E-state index contributed by atoms with van der Waals surface area (Å²) in [6, 6.07) is 1.85. The number of sulfonamides is 1. The number of nitrogens with one attached hydrogen (secondary N) is 1. The van der Waals surface area contributed by atoms with E-state index in [2.05, 4.69) is 12.2 Å². The first kappa shape index (κ1) is 16.9. The quantitative estimate of drug-likeness (QED) is 0.797. The minimum atomic E-state index is -3.34. The first-order chi connectivity index (χ1) is 9.98. The molecule has 0 amide bonds. The van der Waals surface area contributed by atoms with Gasteiger partial charge >= 0.3 is 0 Å². The van der Waals surface area contributed by atoms with Crippen LogP contribution in [0, 0.1) is 12.8 Å². The molecule has 1 aromatic heterocycles. The van der Waals surface area contributed by atoms with E-state index >= 15 is 0 Å². The fourth-order valence-corrected chi connectivity index (χ4v) is 5.71. The smallest absolute Gasteiger partial charge is 0.244 e. The molecule has 0 radical (unpaired) electrons. The predicted molar refractivity (Wildman–Crippen MR) is 88.2 cm³/mol. The summed E-state index contributed by atoms with van der Waals surface area (Å²) in [4.78, 5) is 2.49. The molecule has 1 saturated carbocycles. The molecule has 1 N–H and O–H groups in total. The molecule has 1 fully saturated rings. The Morgan fingerprint density at radius 3 is 2.62 bits per heavy atom. The zero-order valence-electron chi connectivity index (χ0n) is 13.2. The van der Waals surface area contributed by atoms with Gasteiger partial charge in [-0.15, -0.1) is 11.3 Å². The lowest BCUT2D eigenvalue weighted by molar-refractivity contribution is 0.250. The second-order valence-electron chi connectivity index (χ2n) is 5.67. The van der Waals surface area contributed by atoms with Crippen molar-refractivity contribution in [1.82, 2.24) is 9.62 Å². The van der Waals surface area contributed by atoms with Crippen LogP contribution in [0.15, 0.2) is 11.0 Å². The molecule has 0 atom stereocenters. The summed E-state index contributed by atoms with van der Waals surface area (Å²) >= 11 is 1.58. The lowest BCUT2D eigenvalue weighted by Gasteiger charge is -2.31. The lowest BCUT2D eigenvalue weighted by Crippen LogP contribution is -2.37. The molecule has 21 heavy (non-hydrogen) atoms. The molecule has 0 aliphatic heterocycles. The molecule has 2 rings (SSSR count). The molecule has 0 bridgehead atoms. The Labute approximate surface area is 132 Å². The second kappa shape index (κ2) is 7.22. The average Bonchev–Trinajstić information content (AvgIpc) is 2.77. The first-order valence-electron chi connectivity index (χ1n) is 7.79. The average molecular weight is 331 g/mol. The Morgan fingerprint density at radius 2 is 2.10 bits per heavy atom. The number of thiophene rings is 1. The Bertz CT molecular complexity index is 562. The number of aryl methyl sites for hydroxylation is 1. The van der Waals surface area contributed by atoms with Crippen LogP contribution >= 0.6 is 11.3 Å². The third kappa shape index (κ3) is 3.86. The molecule has 1 aliphatic carbocycles. The van der Waals surface area contributed by atoms with Gasteiger partial charge in [-0.1, -0.05) is 20.3 Å². The van der Waals surface area contributed by atoms with Gasteiger partial charge in [-0.25, -0.2) is 8.42 Å². The topological polar surface area (TPSA) is 49.4 Å². The van der Waals surface area contributed by atoms with Crippen molar-refractivity contribution in [3.8, 4) is 0 Å². The van der Waals surface area contributed by atoms with E-state index in [9.17, 15) is 8.42 Å². The van der Waals surface area contributed by atoms with Crippen LogP contribution in [-0.4, -0.2) is 32.4 Å². The number of hydrogen-bond acceptors (Lipinski definition) is 4. The molecule has 0 aromatic carbocycles. The summed E-state index contributed by atoms with van der Waals surface area (Å²) in [5, 5.41) is 3.25. The maximum atomic E-state index is 12.9. The van der Waals surface area contributed by atoms with E-state index in [-0.39, 0.29) is 0 Å². The molecular formula is C15H26N2O2S2. The molecule has 4 nitrogen and oxygen atoms in total. The van der Waals surface area contributed by atoms with E-state index in [1.54, 1.807) is 15.6 Å². The highest BCUT2D eigenvalue weighted by Gasteiger charge is 2.30.